The SMILES string of the molecule is Cn1c(SCCn2c(=O)oc3ccccc32)nnc1-c1ccccc1F. The summed E-state index contributed by atoms with van der Waals surface area (Å²) in [5, 5.41) is 8.89. The molecule has 0 spiro atoms. The zero-order valence-corrected chi connectivity index (χ0v) is 14.7. The van der Waals surface area contributed by atoms with Crippen LogP contribution in [0.1, 0.15) is 0 Å². The van der Waals surface area contributed by atoms with Gasteiger partial charge in [0.15, 0.2) is 16.6 Å². The molecule has 8 heteroatoms. The van der Waals surface area contributed by atoms with Crippen LogP contribution in [0.25, 0.3) is 22.5 Å². The van der Waals surface area contributed by atoms with E-state index < -0.39 is 0 Å². The molecule has 0 aliphatic carbocycles. The molecule has 2 aromatic heterocycles. The van der Waals surface area contributed by atoms with Crippen molar-refractivity contribution in [2.75, 3.05) is 5.75 Å². The van der Waals surface area contributed by atoms with Gasteiger partial charge in [0.05, 0.1) is 11.1 Å². The number of thioether (sulfide) groups is 1. The van der Waals surface area contributed by atoms with E-state index in [0.29, 0.717) is 34.4 Å². The molecule has 0 saturated heterocycles. The average Bonchev–Trinajstić information content (AvgIpc) is 3.16. The van der Waals surface area contributed by atoms with E-state index in [1.54, 1.807) is 40.4 Å². The standard InChI is InChI=1S/C18H15FN4O2S/c1-22-16(12-6-2-3-7-13(12)19)20-21-17(22)26-11-10-23-14-8-4-5-9-15(14)25-18(23)24/h2-9H,10-11H2,1H3. The maximum atomic E-state index is 14.0. The highest BCUT2D eigenvalue weighted by Gasteiger charge is 2.15. The molecule has 26 heavy (non-hydrogen) atoms. The summed E-state index contributed by atoms with van der Waals surface area (Å²) < 4.78 is 22.5. The summed E-state index contributed by atoms with van der Waals surface area (Å²) in [6, 6.07) is 13.8. The molecule has 0 atom stereocenters. The first-order chi connectivity index (χ1) is 12.6. The molecule has 0 amide bonds. The van der Waals surface area contributed by atoms with Crippen molar-refractivity contribution in [1.82, 2.24) is 19.3 Å². The Hall–Kier alpha value is -2.87. The summed E-state index contributed by atoms with van der Waals surface area (Å²) >= 11 is 1.45. The fraction of sp³-hybridized carbons (Fsp3) is 0.167. The van der Waals surface area contributed by atoms with Gasteiger partial charge in [0.2, 0.25) is 0 Å². The molecule has 2 heterocycles. The monoisotopic (exact) mass is 370 g/mol. The molecule has 6 nitrogen and oxygen atoms in total. The fourth-order valence-corrected chi connectivity index (χ4v) is 3.61. The predicted octanol–water partition coefficient (Wildman–Crippen LogP) is 3.32. The largest absolute Gasteiger partial charge is 0.419 e. The molecule has 0 fully saturated rings. The third kappa shape index (κ3) is 2.92. The van der Waals surface area contributed by atoms with Gasteiger partial charge < -0.3 is 8.98 Å². The minimum Gasteiger partial charge on any atom is -0.408 e. The number of oxazole rings is 1. The number of halogens is 1. The summed E-state index contributed by atoms with van der Waals surface area (Å²) in [4.78, 5) is 12.0. The van der Waals surface area contributed by atoms with E-state index >= 15 is 0 Å². The zero-order valence-electron chi connectivity index (χ0n) is 13.9. The number of fused-ring (bicyclic) bond motifs is 1. The van der Waals surface area contributed by atoms with Gasteiger partial charge in [-0.3, -0.25) is 4.57 Å². The molecule has 0 radical (unpaired) electrons. The first-order valence-corrected chi connectivity index (χ1v) is 8.99. The van der Waals surface area contributed by atoms with Crippen LogP contribution in [0.15, 0.2) is 62.9 Å². The lowest BCUT2D eigenvalue weighted by atomic mass is 10.2. The Bertz CT molecular complexity index is 1130. The second kappa shape index (κ2) is 6.80. The van der Waals surface area contributed by atoms with Crippen LogP contribution >= 0.6 is 11.8 Å². The van der Waals surface area contributed by atoms with E-state index in [2.05, 4.69) is 10.2 Å². The van der Waals surface area contributed by atoms with Gasteiger partial charge in [-0.1, -0.05) is 36.0 Å². The van der Waals surface area contributed by atoms with Crippen LogP contribution in [0.5, 0.6) is 0 Å². The Morgan fingerprint density at radius 3 is 2.73 bits per heavy atom. The van der Waals surface area contributed by atoms with Gasteiger partial charge in [-0.25, -0.2) is 9.18 Å². The number of aryl methyl sites for hydroxylation is 1. The van der Waals surface area contributed by atoms with Gasteiger partial charge in [-0.15, -0.1) is 10.2 Å². The highest BCUT2D eigenvalue weighted by atomic mass is 32.2. The lowest BCUT2D eigenvalue weighted by molar-refractivity contribution is 0.514. The first kappa shape index (κ1) is 16.6. The Balaban J connectivity index is 1.52. The van der Waals surface area contributed by atoms with Crippen LogP contribution in [0.4, 0.5) is 4.39 Å². The van der Waals surface area contributed by atoms with Crippen LogP contribution < -0.4 is 5.76 Å². The number of para-hydroxylation sites is 2. The smallest absolute Gasteiger partial charge is 0.408 e. The highest BCUT2D eigenvalue weighted by Crippen LogP contribution is 2.24. The van der Waals surface area contributed by atoms with Gasteiger partial charge in [-0.2, -0.15) is 0 Å². The number of aromatic nitrogens is 4. The second-order valence-electron chi connectivity index (χ2n) is 5.68. The van der Waals surface area contributed by atoms with Crippen LogP contribution in [0, 0.1) is 5.82 Å². The quantitative estimate of drug-likeness (QED) is 0.504. The molecule has 0 saturated carbocycles. The Morgan fingerprint density at radius 2 is 1.88 bits per heavy atom. The highest BCUT2D eigenvalue weighted by molar-refractivity contribution is 7.99. The third-order valence-electron chi connectivity index (χ3n) is 4.07. The summed E-state index contributed by atoms with van der Waals surface area (Å²) in [6.07, 6.45) is 0. The lowest BCUT2D eigenvalue weighted by Gasteiger charge is -2.05. The van der Waals surface area contributed by atoms with Gasteiger partial charge >= 0.3 is 5.76 Å². The van der Waals surface area contributed by atoms with E-state index in [1.807, 2.05) is 18.2 Å². The summed E-state index contributed by atoms with van der Waals surface area (Å²) in [6.45, 7) is 0.475. The molecular weight excluding hydrogens is 355 g/mol. The van der Waals surface area contributed by atoms with E-state index in [0.717, 1.165) is 5.52 Å². The average molecular weight is 370 g/mol. The lowest BCUT2D eigenvalue weighted by Crippen LogP contribution is -2.15. The van der Waals surface area contributed by atoms with Crippen LogP contribution in [-0.4, -0.2) is 25.1 Å². The van der Waals surface area contributed by atoms with Gasteiger partial charge in [-0.05, 0) is 24.3 Å². The maximum absolute atomic E-state index is 14.0. The van der Waals surface area contributed by atoms with Crippen LogP contribution in [0.3, 0.4) is 0 Å². The molecule has 4 aromatic rings. The number of nitrogens with zero attached hydrogens (tertiary/aromatic N) is 4. The van der Waals surface area contributed by atoms with E-state index in [-0.39, 0.29) is 11.6 Å². The van der Waals surface area contributed by atoms with Crippen LogP contribution in [-0.2, 0) is 13.6 Å². The molecule has 0 unspecified atom stereocenters. The molecule has 0 N–H and O–H groups in total. The number of hydrogen-bond acceptors (Lipinski definition) is 5. The molecule has 0 aliphatic heterocycles. The fourth-order valence-electron chi connectivity index (χ4n) is 2.77. The van der Waals surface area contributed by atoms with Crippen molar-refractivity contribution in [3.63, 3.8) is 0 Å². The van der Waals surface area contributed by atoms with Crippen molar-refractivity contribution < 1.29 is 8.81 Å². The van der Waals surface area contributed by atoms with Gasteiger partial charge in [0, 0.05) is 19.3 Å². The molecule has 132 valence electrons. The third-order valence-corrected chi connectivity index (χ3v) is 5.07. The summed E-state index contributed by atoms with van der Waals surface area (Å²) in [7, 11) is 1.80. The van der Waals surface area contributed by atoms with Crippen molar-refractivity contribution in [2.24, 2.45) is 7.05 Å². The van der Waals surface area contributed by atoms with Gasteiger partial charge in [0.25, 0.3) is 0 Å². The second-order valence-corrected chi connectivity index (χ2v) is 6.74. The molecule has 0 bridgehead atoms. The minimum absolute atomic E-state index is 0.337. The van der Waals surface area contributed by atoms with Crippen LogP contribution in [0.2, 0.25) is 0 Å². The Labute approximate surface area is 152 Å². The number of hydrogen-bond donors (Lipinski definition) is 0. The first-order valence-electron chi connectivity index (χ1n) is 8.00. The Morgan fingerprint density at radius 1 is 1.12 bits per heavy atom. The number of benzene rings is 2. The van der Waals surface area contributed by atoms with E-state index in [9.17, 15) is 9.18 Å². The normalized spacial score (nSPS) is 11.3. The maximum Gasteiger partial charge on any atom is 0.419 e. The number of rotatable bonds is 5. The summed E-state index contributed by atoms with van der Waals surface area (Å²) in [5.74, 6) is 0.358. The van der Waals surface area contributed by atoms with Crippen molar-refractivity contribution in [3.05, 3.63) is 64.9 Å². The molecular formula is C18H15FN4O2S. The van der Waals surface area contributed by atoms with Crippen molar-refractivity contribution in [1.29, 1.82) is 0 Å². The van der Waals surface area contributed by atoms with E-state index in [4.69, 9.17) is 4.42 Å². The Kier molecular flexibility index (Phi) is 4.34. The topological polar surface area (TPSA) is 65.8 Å². The van der Waals surface area contributed by atoms with Crippen molar-refractivity contribution in [2.45, 2.75) is 11.7 Å². The van der Waals surface area contributed by atoms with Crippen molar-refractivity contribution in [3.8, 4) is 11.4 Å². The predicted molar refractivity (Wildman–Crippen MR) is 97.6 cm³/mol. The molecule has 2 aromatic carbocycles. The minimum atomic E-state index is -0.378. The molecule has 0 aliphatic rings. The van der Waals surface area contributed by atoms with Crippen molar-refractivity contribution >= 4 is 22.9 Å². The van der Waals surface area contributed by atoms with Gasteiger partial charge in [0.1, 0.15) is 5.82 Å². The van der Waals surface area contributed by atoms with E-state index in [1.165, 1.54) is 17.8 Å². The zero-order chi connectivity index (χ0) is 18.1. The molecule has 4 rings (SSSR count). The summed E-state index contributed by atoms with van der Waals surface area (Å²) in [5.41, 5.74) is 1.75.